The lowest BCUT2D eigenvalue weighted by molar-refractivity contribution is -0.146. The Kier molecular flexibility index (Phi) is 7.65. The number of carbonyl (C=O) groups is 2. The molecule has 0 saturated carbocycles. The summed E-state index contributed by atoms with van der Waals surface area (Å²) in [4.78, 5) is 43.6. The fourth-order valence-corrected chi connectivity index (χ4v) is 4.78. The monoisotopic (exact) mass is 425 g/mol. The fraction of sp³-hybridized carbons (Fsp3) is 0.579. The molecule has 7 nitrogen and oxygen atoms in total. The zero-order chi connectivity index (χ0) is 21.0. The Morgan fingerprint density at radius 1 is 1.32 bits per heavy atom. The van der Waals surface area contributed by atoms with Gasteiger partial charge in [0.05, 0.1) is 18.2 Å². The molecule has 28 heavy (non-hydrogen) atoms. The third kappa shape index (κ3) is 4.57. The smallest absolute Gasteiger partial charge is 0.328 e. The number of methoxy groups -OCH3 is 1. The molecule has 0 aliphatic rings. The van der Waals surface area contributed by atoms with Crippen molar-refractivity contribution in [2.24, 2.45) is 5.92 Å². The summed E-state index contributed by atoms with van der Waals surface area (Å²) in [6.45, 7) is 10.1. The van der Waals surface area contributed by atoms with E-state index >= 15 is 0 Å². The maximum atomic E-state index is 12.8. The van der Waals surface area contributed by atoms with Crippen LogP contribution in [0.4, 0.5) is 0 Å². The summed E-state index contributed by atoms with van der Waals surface area (Å²) in [7, 11) is 1.31. The van der Waals surface area contributed by atoms with E-state index in [1.54, 1.807) is 4.57 Å². The number of carbonyl (C=O) groups excluding carboxylic acids is 2. The number of nitrogens with zero attached hydrogens (tertiary/aromatic N) is 2. The molecule has 0 fully saturated rings. The molecule has 2 aromatic heterocycles. The van der Waals surface area contributed by atoms with Crippen LogP contribution < -0.4 is 10.9 Å². The summed E-state index contributed by atoms with van der Waals surface area (Å²) in [6.07, 6.45) is 0.734. The number of fused-ring (bicyclic) bond motifs is 1. The number of ether oxygens (including phenoxy) is 1. The van der Waals surface area contributed by atoms with Gasteiger partial charge in [0.15, 0.2) is 5.16 Å². The number of hydrogen-bond acceptors (Lipinski definition) is 7. The minimum Gasteiger partial charge on any atom is -0.467 e. The predicted molar refractivity (Wildman–Crippen MR) is 113 cm³/mol. The number of amides is 1. The lowest BCUT2D eigenvalue weighted by Gasteiger charge is -2.21. The van der Waals surface area contributed by atoms with Gasteiger partial charge in [-0.1, -0.05) is 32.0 Å². The summed E-state index contributed by atoms with van der Waals surface area (Å²) in [5.41, 5.74) is 0.882. The van der Waals surface area contributed by atoms with Crippen LogP contribution in [0.25, 0.3) is 10.2 Å². The van der Waals surface area contributed by atoms with Gasteiger partial charge in [-0.05, 0) is 32.3 Å². The third-order valence-corrected chi connectivity index (χ3v) is 6.96. The zero-order valence-corrected chi connectivity index (χ0v) is 18.8. The minimum absolute atomic E-state index is 0.0400. The maximum Gasteiger partial charge on any atom is 0.328 e. The van der Waals surface area contributed by atoms with Crippen molar-refractivity contribution < 1.29 is 14.3 Å². The van der Waals surface area contributed by atoms with E-state index < -0.39 is 12.0 Å². The average Bonchev–Trinajstić information content (AvgIpc) is 2.97. The van der Waals surface area contributed by atoms with Crippen molar-refractivity contribution in [2.75, 3.05) is 12.9 Å². The van der Waals surface area contributed by atoms with Gasteiger partial charge in [0, 0.05) is 11.4 Å². The molecule has 2 aromatic rings. The Bertz CT molecular complexity index is 935. The molecule has 0 aromatic carbocycles. The number of nitrogens with one attached hydrogen (secondary N) is 1. The molecule has 2 rings (SSSR count). The molecular formula is C19H27N3O4S2. The van der Waals surface area contributed by atoms with Crippen LogP contribution in [0.2, 0.25) is 0 Å². The van der Waals surface area contributed by atoms with Crippen molar-refractivity contribution >= 4 is 45.2 Å². The van der Waals surface area contributed by atoms with Crippen molar-refractivity contribution in [3.8, 4) is 0 Å². The first-order valence-corrected chi connectivity index (χ1v) is 11.1. The van der Waals surface area contributed by atoms with Crippen LogP contribution in [-0.2, 0) is 20.9 Å². The molecule has 0 spiro atoms. The topological polar surface area (TPSA) is 90.3 Å². The van der Waals surface area contributed by atoms with Gasteiger partial charge in [-0.15, -0.1) is 11.3 Å². The molecule has 0 aliphatic heterocycles. The highest BCUT2D eigenvalue weighted by Crippen LogP contribution is 2.28. The second kappa shape index (κ2) is 9.56. The Hall–Kier alpha value is -1.87. The van der Waals surface area contributed by atoms with Gasteiger partial charge < -0.3 is 10.1 Å². The Balaban J connectivity index is 2.21. The van der Waals surface area contributed by atoms with E-state index in [0.717, 1.165) is 16.9 Å². The number of thioether (sulfide) groups is 1. The Labute approximate surface area is 172 Å². The normalized spacial score (nSPS) is 13.4. The van der Waals surface area contributed by atoms with Gasteiger partial charge in [0.2, 0.25) is 5.91 Å². The second-order valence-electron chi connectivity index (χ2n) is 6.65. The van der Waals surface area contributed by atoms with Crippen LogP contribution in [0.1, 0.15) is 37.6 Å². The van der Waals surface area contributed by atoms with Gasteiger partial charge in [0.25, 0.3) is 5.56 Å². The quantitative estimate of drug-likeness (QED) is 0.397. The van der Waals surface area contributed by atoms with Crippen LogP contribution in [0.15, 0.2) is 9.95 Å². The van der Waals surface area contributed by atoms with Crippen molar-refractivity contribution in [3.63, 3.8) is 0 Å². The van der Waals surface area contributed by atoms with E-state index in [1.807, 2.05) is 34.6 Å². The SMILES string of the molecule is CC[C@@H](C)[C@@H](NC(=O)CSc1nc2sc(C)c(C)c2c(=O)n1CC)C(=O)OC. The zero-order valence-electron chi connectivity index (χ0n) is 17.1. The molecule has 0 bridgehead atoms. The molecule has 9 heteroatoms. The van der Waals surface area contributed by atoms with Crippen molar-refractivity contribution in [3.05, 3.63) is 20.8 Å². The highest BCUT2D eigenvalue weighted by Gasteiger charge is 2.27. The summed E-state index contributed by atoms with van der Waals surface area (Å²) in [5, 5.41) is 3.91. The number of aryl methyl sites for hydroxylation is 2. The van der Waals surface area contributed by atoms with Crippen LogP contribution in [0.5, 0.6) is 0 Å². The first-order valence-electron chi connectivity index (χ1n) is 9.25. The average molecular weight is 426 g/mol. The molecule has 0 unspecified atom stereocenters. The van der Waals surface area contributed by atoms with E-state index in [1.165, 1.54) is 30.2 Å². The number of hydrogen-bond donors (Lipinski definition) is 1. The number of rotatable bonds is 8. The maximum absolute atomic E-state index is 12.8. The van der Waals surface area contributed by atoms with E-state index in [-0.39, 0.29) is 23.1 Å². The van der Waals surface area contributed by atoms with Crippen LogP contribution >= 0.6 is 23.1 Å². The van der Waals surface area contributed by atoms with Crippen molar-refractivity contribution in [1.29, 1.82) is 0 Å². The van der Waals surface area contributed by atoms with Crippen molar-refractivity contribution in [2.45, 2.75) is 58.8 Å². The molecule has 2 heterocycles. The van der Waals surface area contributed by atoms with E-state index in [2.05, 4.69) is 10.3 Å². The first-order chi connectivity index (χ1) is 13.2. The Morgan fingerprint density at radius 3 is 2.57 bits per heavy atom. The lowest BCUT2D eigenvalue weighted by Crippen LogP contribution is -2.46. The van der Waals surface area contributed by atoms with Crippen LogP contribution in [0, 0.1) is 19.8 Å². The highest BCUT2D eigenvalue weighted by molar-refractivity contribution is 7.99. The van der Waals surface area contributed by atoms with Crippen LogP contribution in [-0.4, -0.2) is 40.3 Å². The predicted octanol–water partition coefficient (Wildman–Crippen LogP) is 2.89. The summed E-state index contributed by atoms with van der Waals surface area (Å²) < 4.78 is 6.39. The summed E-state index contributed by atoms with van der Waals surface area (Å²) >= 11 is 2.68. The standard InChI is InChI=1S/C19H27N3O4S2/c1-7-10(3)15(18(25)26-6)20-13(23)9-27-19-21-16-14(11(4)12(5)28-16)17(24)22(19)8-2/h10,15H,7-9H2,1-6H3,(H,20,23)/t10-,15-/m1/s1. The highest BCUT2D eigenvalue weighted by atomic mass is 32.2. The van der Waals surface area contributed by atoms with E-state index in [4.69, 9.17) is 4.74 Å². The molecule has 0 aliphatic carbocycles. The van der Waals surface area contributed by atoms with E-state index in [0.29, 0.717) is 21.9 Å². The first kappa shape index (κ1) is 22.4. The molecule has 0 saturated heterocycles. The van der Waals surface area contributed by atoms with Gasteiger partial charge in [0.1, 0.15) is 10.9 Å². The minimum atomic E-state index is -0.686. The molecule has 1 N–H and O–H groups in total. The van der Waals surface area contributed by atoms with Crippen molar-refractivity contribution in [1.82, 2.24) is 14.9 Å². The second-order valence-corrected chi connectivity index (χ2v) is 8.80. The molecule has 2 atom stereocenters. The molecular weight excluding hydrogens is 398 g/mol. The largest absolute Gasteiger partial charge is 0.467 e. The summed E-state index contributed by atoms with van der Waals surface area (Å²) in [6, 6.07) is -0.686. The van der Waals surface area contributed by atoms with Gasteiger partial charge >= 0.3 is 5.97 Å². The number of esters is 1. The molecule has 154 valence electrons. The van der Waals surface area contributed by atoms with E-state index in [9.17, 15) is 14.4 Å². The molecule has 1 amide bonds. The number of thiophene rings is 1. The Morgan fingerprint density at radius 2 is 2.00 bits per heavy atom. The molecule has 0 radical (unpaired) electrons. The fourth-order valence-electron chi connectivity index (χ4n) is 2.84. The summed E-state index contributed by atoms with van der Waals surface area (Å²) in [5.74, 6) is -0.731. The number of aromatic nitrogens is 2. The lowest BCUT2D eigenvalue weighted by atomic mass is 9.99. The third-order valence-electron chi connectivity index (χ3n) is 4.89. The van der Waals surface area contributed by atoms with Crippen LogP contribution in [0.3, 0.4) is 0 Å². The van der Waals surface area contributed by atoms with Gasteiger partial charge in [-0.2, -0.15) is 0 Å². The van der Waals surface area contributed by atoms with Gasteiger partial charge in [-0.3, -0.25) is 14.2 Å². The van der Waals surface area contributed by atoms with Gasteiger partial charge in [-0.25, -0.2) is 9.78 Å².